The normalized spacial score (nSPS) is 25.8. The van der Waals surface area contributed by atoms with Crippen LogP contribution >= 0.6 is 0 Å². The van der Waals surface area contributed by atoms with E-state index in [1.165, 1.54) is 17.7 Å². The molecule has 7 heteroatoms. The molecular weight excluding hydrogens is 346 g/mol. The number of fused-ring (bicyclic) bond motifs is 2. The SMILES string of the molecule is C=CCOC(=O)[C@@H]1C[C@H]2C[C@H]2C1C(=O)Cn1nc(C(C)=O)c2cccnc21. The highest BCUT2D eigenvalue weighted by atomic mass is 16.5. The number of rotatable bonds is 7. The number of ketones is 2. The molecule has 2 aromatic rings. The number of hydrogen-bond donors (Lipinski definition) is 0. The van der Waals surface area contributed by atoms with Crippen molar-refractivity contribution in [1.29, 1.82) is 0 Å². The topological polar surface area (TPSA) is 91.2 Å². The molecule has 0 spiro atoms. The summed E-state index contributed by atoms with van der Waals surface area (Å²) < 4.78 is 6.67. The molecule has 0 amide bonds. The van der Waals surface area contributed by atoms with Gasteiger partial charge in [-0.15, -0.1) is 0 Å². The third-order valence-corrected chi connectivity index (χ3v) is 5.59. The summed E-state index contributed by atoms with van der Waals surface area (Å²) in [5, 5.41) is 4.95. The molecule has 0 radical (unpaired) electrons. The van der Waals surface area contributed by atoms with Gasteiger partial charge in [0.15, 0.2) is 17.2 Å². The van der Waals surface area contributed by atoms with E-state index in [-0.39, 0.29) is 42.5 Å². The van der Waals surface area contributed by atoms with Gasteiger partial charge in [0.05, 0.1) is 11.3 Å². The first-order chi connectivity index (χ1) is 13.0. The summed E-state index contributed by atoms with van der Waals surface area (Å²) in [4.78, 5) is 41.5. The van der Waals surface area contributed by atoms with Gasteiger partial charge in [-0.3, -0.25) is 14.4 Å². The van der Waals surface area contributed by atoms with Crippen molar-refractivity contribution in [2.75, 3.05) is 6.61 Å². The third kappa shape index (κ3) is 3.07. The fourth-order valence-electron chi connectivity index (χ4n) is 4.34. The molecule has 140 valence electrons. The molecule has 2 fully saturated rings. The summed E-state index contributed by atoms with van der Waals surface area (Å²) in [5.41, 5.74) is 0.816. The highest BCUT2D eigenvalue weighted by molar-refractivity contribution is 6.04. The largest absolute Gasteiger partial charge is 0.461 e. The first-order valence-electron chi connectivity index (χ1n) is 9.14. The fourth-order valence-corrected chi connectivity index (χ4v) is 4.34. The maximum Gasteiger partial charge on any atom is 0.310 e. The Bertz CT molecular complexity index is 948. The average Bonchev–Trinajstić information content (AvgIpc) is 3.16. The van der Waals surface area contributed by atoms with Crippen LogP contribution in [0.1, 0.15) is 30.3 Å². The zero-order valence-corrected chi connectivity index (χ0v) is 15.1. The van der Waals surface area contributed by atoms with Crippen LogP contribution in [-0.4, -0.2) is 38.9 Å². The quantitative estimate of drug-likeness (QED) is 0.423. The number of hydrogen-bond acceptors (Lipinski definition) is 6. The zero-order chi connectivity index (χ0) is 19.1. The summed E-state index contributed by atoms with van der Waals surface area (Å²) in [5.74, 6) is -0.618. The minimum atomic E-state index is -0.400. The second kappa shape index (κ2) is 6.72. The van der Waals surface area contributed by atoms with Gasteiger partial charge in [0.2, 0.25) is 0 Å². The number of pyridine rings is 1. The van der Waals surface area contributed by atoms with Crippen molar-refractivity contribution >= 4 is 28.6 Å². The predicted octanol–water partition coefficient (Wildman–Crippen LogP) is 2.20. The van der Waals surface area contributed by atoms with Gasteiger partial charge in [-0.2, -0.15) is 5.10 Å². The molecule has 0 saturated heterocycles. The second-order valence-electron chi connectivity index (χ2n) is 7.35. The molecule has 2 saturated carbocycles. The summed E-state index contributed by atoms with van der Waals surface area (Å²) in [7, 11) is 0. The Kier molecular flexibility index (Phi) is 4.37. The summed E-state index contributed by atoms with van der Waals surface area (Å²) in [6, 6.07) is 3.51. The van der Waals surface area contributed by atoms with E-state index in [1.54, 1.807) is 18.3 Å². The molecule has 0 aromatic carbocycles. The minimum absolute atomic E-state index is 0.0000810. The lowest BCUT2D eigenvalue weighted by Crippen LogP contribution is -2.32. The molecule has 0 bridgehead atoms. The van der Waals surface area contributed by atoms with Crippen molar-refractivity contribution < 1.29 is 19.1 Å². The van der Waals surface area contributed by atoms with Crippen LogP contribution in [-0.2, 0) is 20.9 Å². The van der Waals surface area contributed by atoms with E-state index in [2.05, 4.69) is 16.7 Å². The van der Waals surface area contributed by atoms with Crippen molar-refractivity contribution in [3.8, 4) is 0 Å². The molecule has 2 aliphatic rings. The van der Waals surface area contributed by atoms with E-state index >= 15 is 0 Å². The Morgan fingerprint density at radius 1 is 1.37 bits per heavy atom. The Balaban J connectivity index is 1.58. The minimum Gasteiger partial charge on any atom is -0.461 e. The third-order valence-electron chi connectivity index (χ3n) is 5.59. The van der Waals surface area contributed by atoms with E-state index in [4.69, 9.17) is 4.74 Å². The van der Waals surface area contributed by atoms with Crippen LogP contribution in [0, 0.1) is 23.7 Å². The van der Waals surface area contributed by atoms with Crippen LogP contribution in [0.3, 0.4) is 0 Å². The molecule has 2 aliphatic carbocycles. The van der Waals surface area contributed by atoms with Crippen LogP contribution < -0.4 is 0 Å². The Morgan fingerprint density at radius 2 is 2.19 bits per heavy atom. The highest BCUT2D eigenvalue weighted by Crippen LogP contribution is 2.58. The van der Waals surface area contributed by atoms with E-state index in [0.29, 0.717) is 29.1 Å². The van der Waals surface area contributed by atoms with Gasteiger partial charge < -0.3 is 4.74 Å². The molecule has 2 aromatic heterocycles. The zero-order valence-electron chi connectivity index (χ0n) is 15.1. The monoisotopic (exact) mass is 367 g/mol. The number of Topliss-reactive ketones (excluding diaryl/α,β-unsaturated/α-hetero) is 2. The number of ether oxygens (including phenoxy) is 1. The van der Waals surface area contributed by atoms with E-state index in [9.17, 15) is 14.4 Å². The van der Waals surface area contributed by atoms with Crippen LogP contribution in [0.15, 0.2) is 31.0 Å². The van der Waals surface area contributed by atoms with Gasteiger partial charge in [-0.25, -0.2) is 9.67 Å². The predicted molar refractivity (Wildman–Crippen MR) is 96.9 cm³/mol. The molecule has 4 rings (SSSR count). The van der Waals surface area contributed by atoms with E-state index in [1.807, 2.05) is 0 Å². The van der Waals surface area contributed by atoms with Gasteiger partial charge in [0.25, 0.3) is 0 Å². The maximum atomic E-state index is 13.1. The van der Waals surface area contributed by atoms with Crippen LogP contribution in [0.4, 0.5) is 0 Å². The molecule has 0 N–H and O–H groups in total. The molecule has 1 unspecified atom stereocenters. The maximum absolute atomic E-state index is 13.1. The van der Waals surface area contributed by atoms with E-state index in [0.717, 1.165) is 6.42 Å². The lowest BCUT2D eigenvalue weighted by Gasteiger charge is -2.20. The molecule has 7 nitrogen and oxygen atoms in total. The number of carbonyl (C=O) groups excluding carboxylic acids is 3. The number of aromatic nitrogens is 3. The van der Waals surface area contributed by atoms with Crippen molar-refractivity contribution in [2.45, 2.75) is 26.3 Å². The molecule has 27 heavy (non-hydrogen) atoms. The average molecular weight is 367 g/mol. The molecule has 4 atom stereocenters. The lowest BCUT2D eigenvalue weighted by molar-refractivity contribution is -0.151. The highest BCUT2D eigenvalue weighted by Gasteiger charge is 2.58. The smallest absolute Gasteiger partial charge is 0.310 e. The standard InChI is InChI=1S/C20H21N3O4/c1-3-7-27-20(26)15-9-12-8-14(12)17(15)16(25)10-23-19-13(5-4-6-21-19)18(22-23)11(2)24/h3-6,12,14-15,17H,1,7-10H2,2H3/t12-,14-,15-,17?/m1/s1. The van der Waals surface area contributed by atoms with Crippen LogP contribution in [0.25, 0.3) is 11.0 Å². The lowest BCUT2D eigenvalue weighted by atomic mass is 9.87. The van der Waals surface area contributed by atoms with Crippen molar-refractivity contribution in [3.63, 3.8) is 0 Å². The van der Waals surface area contributed by atoms with Crippen LogP contribution in [0.5, 0.6) is 0 Å². The van der Waals surface area contributed by atoms with Crippen molar-refractivity contribution in [1.82, 2.24) is 14.8 Å². The van der Waals surface area contributed by atoms with Gasteiger partial charge >= 0.3 is 5.97 Å². The van der Waals surface area contributed by atoms with E-state index < -0.39 is 5.92 Å². The Morgan fingerprint density at radius 3 is 2.93 bits per heavy atom. The van der Waals surface area contributed by atoms with Crippen molar-refractivity contribution in [3.05, 3.63) is 36.7 Å². The second-order valence-corrected chi connectivity index (χ2v) is 7.35. The summed E-state index contributed by atoms with van der Waals surface area (Å²) in [6.45, 7) is 5.14. The molecular formula is C20H21N3O4. The van der Waals surface area contributed by atoms with Crippen molar-refractivity contribution in [2.24, 2.45) is 23.7 Å². The number of esters is 1. The van der Waals surface area contributed by atoms with Gasteiger partial charge in [0.1, 0.15) is 18.8 Å². The number of nitrogens with zero attached hydrogens (tertiary/aromatic N) is 3. The summed E-state index contributed by atoms with van der Waals surface area (Å²) >= 11 is 0. The number of carbonyl (C=O) groups is 3. The fraction of sp³-hybridized carbons (Fsp3) is 0.450. The summed E-state index contributed by atoms with van der Waals surface area (Å²) in [6.07, 6.45) is 4.82. The van der Waals surface area contributed by atoms with Crippen LogP contribution in [0.2, 0.25) is 0 Å². The first-order valence-corrected chi connectivity index (χ1v) is 9.14. The first kappa shape index (κ1) is 17.6. The van der Waals surface area contributed by atoms with Gasteiger partial charge in [0, 0.05) is 19.0 Å². The Labute approximate surface area is 156 Å². The molecule has 2 heterocycles. The molecule has 0 aliphatic heterocycles. The van der Waals surface area contributed by atoms with Gasteiger partial charge in [-0.1, -0.05) is 12.7 Å². The Hall–Kier alpha value is -2.83. The van der Waals surface area contributed by atoms with Gasteiger partial charge in [-0.05, 0) is 36.8 Å².